The minimum Gasteiger partial charge on any atom is -0.336 e. The van der Waals surface area contributed by atoms with E-state index in [-0.39, 0.29) is 0 Å². The van der Waals surface area contributed by atoms with E-state index in [1.54, 1.807) is 23.3 Å². The van der Waals surface area contributed by atoms with Gasteiger partial charge in [0.15, 0.2) is 0 Å². The van der Waals surface area contributed by atoms with E-state index in [0.29, 0.717) is 12.1 Å². The molecule has 1 aromatic heterocycles. The van der Waals surface area contributed by atoms with Crippen LogP contribution in [0.15, 0.2) is 36.9 Å². The number of nitrogens with zero attached hydrogens (tertiary/aromatic N) is 2. The van der Waals surface area contributed by atoms with Gasteiger partial charge in [-0.05, 0) is 6.07 Å². The Balaban J connectivity index is 2.17. The molecule has 1 aromatic carbocycles. The molecule has 0 bridgehead atoms. The molecule has 2 rings (SSSR count). The van der Waals surface area contributed by atoms with Crippen molar-refractivity contribution in [2.45, 2.75) is 12.6 Å². The van der Waals surface area contributed by atoms with Crippen LogP contribution in [0.25, 0.3) is 0 Å². The Labute approximate surface area is 91.5 Å². The van der Waals surface area contributed by atoms with Crippen molar-refractivity contribution in [1.82, 2.24) is 9.55 Å². The second-order valence-electron chi connectivity index (χ2n) is 3.53. The number of rotatable bonds is 3. The van der Waals surface area contributed by atoms with Crippen LogP contribution in [0, 0.1) is 11.6 Å². The second-order valence-corrected chi connectivity index (χ2v) is 3.53. The highest BCUT2D eigenvalue weighted by atomic mass is 19.1. The molecule has 1 unspecified atom stereocenters. The van der Waals surface area contributed by atoms with Crippen molar-refractivity contribution in [1.29, 1.82) is 0 Å². The van der Waals surface area contributed by atoms with E-state index < -0.39 is 17.7 Å². The fourth-order valence-electron chi connectivity index (χ4n) is 1.52. The third-order valence-corrected chi connectivity index (χ3v) is 2.33. The Morgan fingerprint density at radius 2 is 2.19 bits per heavy atom. The van der Waals surface area contributed by atoms with Crippen molar-refractivity contribution >= 4 is 0 Å². The minimum absolute atomic E-state index is 0.301. The average Bonchev–Trinajstić information content (AvgIpc) is 2.70. The third kappa shape index (κ3) is 2.25. The van der Waals surface area contributed by atoms with Crippen molar-refractivity contribution in [3.63, 3.8) is 0 Å². The largest absolute Gasteiger partial charge is 0.336 e. The molecule has 2 N–H and O–H groups in total. The number of halogens is 2. The molecule has 0 fully saturated rings. The van der Waals surface area contributed by atoms with E-state index in [4.69, 9.17) is 5.73 Å². The van der Waals surface area contributed by atoms with Gasteiger partial charge >= 0.3 is 0 Å². The molecule has 0 saturated carbocycles. The van der Waals surface area contributed by atoms with Gasteiger partial charge in [0.1, 0.15) is 11.6 Å². The molecule has 0 radical (unpaired) electrons. The zero-order chi connectivity index (χ0) is 11.5. The summed E-state index contributed by atoms with van der Waals surface area (Å²) in [5.41, 5.74) is 6.13. The highest BCUT2D eigenvalue weighted by Crippen LogP contribution is 2.17. The summed E-state index contributed by atoms with van der Waals surface area (Å²) in [5, 5.41) is 0. The summed E-state index contributed by atoms with van der Waals surface area (Å²) in [6.07, 6.45) is 4.95. The molecule has 1 atom stereocenters. The summed E-state index contributed by atoms with van der Waals surface area (Å²) in [6, 6.07) is 2.89. The van der Waals surface area contributed by atoms with Gasteiger partial charge in [-0.2, -0.15) is 0 Å². The molecule has 3 nitrogen and oxygen atoms in total. The molecular weight excluding hydrogens is 212 g/mol. The zero-order valence-electron chi connectivity index (χ0n) is 8.48. The summed E-state index contributed by atoms with van der Waals surface area (Å²) in [6.45, 7) is 0.405. The predicted octanol–water partition coefficient (Wildman–Crippen LogP) is 1.86. The summed E-state index contributed by atoms with van der Waals surface area (Å²) in [7, 11) is 0. The Morgan fingerprint density at radius 3 is 2.81 bits per heavy atom. The Hall–Kier alpha value is -1.75. The van der Waals surface area contributed by atoms with E-state index in [1.807, 2.05) is 0 Å². The summed E-state index contributed by atoms with van der Waals surface area (Å²) >= 11 is 0. The maximum atomic E-state index is 13.4. The molecule has 84 valence electrons. The van der Waals surface area contributed by atoms with Gasteiger partial charge in [-0.25, -0.2) is 13.8 Å². The minimum atomic E-state index is -0.618. The molecule has 0 aliphatic heterocycles. The standard InChI is InChI=1S/C11H11F2N3/c12-8-1-2-9(10(13)5-8)11(14)6-16-4-3-15-7-16/h1-5,7,11H,6,14H2. The van der Waals surface area contributed by atoms with Gasteiger partial charge in [-0.3, -0.25) is 0 Å². The number of hydrogen-bond donors (Lipinski definition) is 1. The molecule has 0 saturated heterocycles. The van der Waals surface area contributed by atoms with Crippen LogP contribution in [-0.4, -0.2) is 9.55 Å². The van der Waals surface area contributed by atoms with Crippen LogP contribution in [0.2, 0.25) is 0 Å². The van der Waals surface area contributed by atoms with Crippen molar-refractivity contribution in [3.05, 3.63) is 54.1 Å². The fraction of sp³-hybridized carbons (Fsp3) is 0.182. The normalized spacial score (nSPS) is 12.7. The summed E-state index contributed by atoms with van der Waals surface area (Å²) in [5.74, 6) is -1.22. The lowest BCUT2D eigenvalue weighted by atomic mass is 10.1. The van der Waals surface area contributed by atoms with Crippen LogP contribution in [-0.2, 0) is 6.54 Å². The number of benzene rings is 1. The number of hydrogen-bond acceptors (Lipinski definition) is 2. The van der Waals surface area contributed by atoms with E-state index >= 15 is 0 Å². The van der Waals surface area contributed by atoms with Gasteiger partial charge in [-0.1, -0.05) is 6.07 Å². The Morgan fingerprint density at radius 1 is 1.38 bits per heavy atom. The van der Waals surface area contributed by atoms with Crippen LogP contribution in [0.1, 0.15) is 11.6 Å². The van der Waals surface area contributed by atoms with Gasteiger partial charge in [0.2, 0.25) is 0 Å². The van der Waals surface area contributed by atoms with Gasteiger partial charge in [0.05, 0.1) is 12.4 Å². The van der Waals surface area contributed by atoms with Gasteiger partial charge < -0.3 is 10.3 Å². The average molecular weight is 223 g/mol. The SMILES string of the molecule is NC(Cn1ccnc1)c1ccc(F)cc1F. The van der Waals surface area contributed by atoms with Crippen LogP contribution < -0.4 is 5.73 Å². The van der Waals surface area contributed by atoms with Crippen molar-refractivity contribution in [2.24, 2.45) is 5.73 Å². The lowest BCUT2D eigenvalue weighted by molar-refractivity contribution is 0.521. The van der Waals surface area contributed by atoms with Crippen LogP contribution in [0.5, 0.6) is 0 Å². The lowest BCUT2D eigenvalue weighted by Gasteiger charge is -2.13. The summed E-state index contributed by atoms with van der Waals surface area (Å²) in [4.78, 5) is 3.86. The number of aromatic nitrogens is 2. The quantitative estimate of drug-likeness (QED) is 0.863. The maximum absolute atomic E-state index is 13.4. The van der Waals surface area contributed by atoms with E-state index in [2.05, 4.69) is 4.98 Å². The Bertz CT molecular complexity index is 468. The zero-order valence-corrected chi connectivity index (χ0v) is 8.48. The third-order valence-electron chi connectivity index (χ3n) is 2.33. The molecule has 0 spiro atoms. The van der Waals surface area contributed by atoms with E-state index in [9.17, 15) is 8.78 Å². The van der Waals surface area contributed by atoms with E-state index in [1.165, 1.54) is 12.1 Å². The Kier molecular flexibility index (Phi) is 2.96. The molecule has 2 aromatic rings. The van der Waals surface area contributed by atoms with Gasteiger partial charge in [-0.15, -0.1) is 0 Å². The first-order chi connectivity index (χ1) is 7.66. The first-order valence-corrected chi connectivity index (χ1v) is 4.83. The molecule has 0 amide bonds. The van der Waals surface area contributed by atoms with Gasteiger partial charge in [0.25, 0.3) is 0 Å². The van der Waals surface area contributed by atoms with Crippen LogP contribution in [0.3, 0.4) is 0 Å². The first-order valence-electron chi connectivity index (χ1n) is 4.83. The molecule has 1 heterocycles. The van der Waals surface area contributed by atoms with Crippen molar-refractivity contribution < 1.29 is 8.78 Å². The van der Waals surface area contributed by atoms with Crippen LogP contribution >= 0.6 is 0 Å². The van der Waals surface area contributed by atoms with E-state index in [0.717, 1.165) is 6.07 Å². The predicted molar refractivity (Wildman–Crippen MR) is 55.5 cm³/mol. The smallest absolute Gasteiger partial charge is 0.130 e. The van der Waals surface area contributed by atoms with Crippen LogP contribution in [0.4, 0.5) is 8.78 Å². The van der Waals surface area contributed by atoms with Crippen molar-refractivity contribution in [2.75, 3.05) is 0 Å². The van der Waals surface area contributed by atoms with Crippen molar-refractivity contribution in [3.8, 4) is 0 Å². The maximum Gasteiger partial charge on any atom is 0.130 e. The first kappa shape index (κ1) is 10.8. The molecule has 0 aliphatic rings. The summed E-state index contributed by atoms with van der Waals surface area (Å²) < 4.78 is 27.8. The second kappa shape index (κ2) is 4.40. The van der Waals surface area contributed by atoms with Gasteiger partial charge in [0, 0.05) is 30.6 Å². The molecular formula is C11H11F2N3. The molecule has 16 heavy (non-hydrogen) atoms. The lowest BCUT2D eigenvalue weighted by Crippen LogP contribution is -2.18. The number of imidazole rings is 1. The molecule has 5 heteroatoms. The fourth-order valence-corrected chi connectivity index (χ4v) is 1.52. The highest BCUT2D eigenvalue weighted by molar-refractivity contribution is 5.21. The monoisotopic (exact) mass is 223 g/mol. The number of nitrogens with two attached hydrogens (primary N) is 1. The highest BCUT2D eigenvalue weighted by Gasteiger charge is 2.12. The topological polar surface area (TPSA) is 43.8 Å². The molecule has 0 aliphatic carbocycles.